The van der Waals surface area contributed by atoms with Crippen molar-refractivity contribution in [1.29, 1.82) is 0 Å². The zero-order valence-corrected chi connectivity index (χ0v) is 11.0. The molecule has 2 rings (SSSR count). The van der Waals surface area contributed by atoms with Crippen LogP contribution in [-0.2, 0) is 0 Å². The third-order valence-electron chi connectivity index (χ3n) is 3.26. The highest BCUT2D eigenvalue weighted by Crippen LogP contribution is 2.29. The minimum atomic E-state index is -0.0459. The van der Waals surface area contributed by atoms with Crippen molar-refractivity contribution in [2.75, 3.05) is 18.9 Å². The van der Waals surface area contributed by atoms with Gasteiger partial charge >= 0.3 is 6.03 Å². The molecule has 1 aliphatic carbocycles. The summed E-state index contributed by atoms with van der Waals surface area (Å²) in [6.45, 7) is 2.79. The normalized spacial score (nSPS) is 16.2. The van der Waals surface area contributed by atoms with Crippen molar-refractivity contribution in [2.45, 2.75) is 25.8 Å². The van der Waals surface area contributed by atoms with Gasteiger partial charge in [0.05, 0.1) is 0 Å². The zero-order chi connectivity index (χ0) is 13.1. The van der Waals surface area contributed by atoms with Crippen molar-refractivity contribution in [2.24, 2.45) is 11.7 Å². The molecule has 0 spiro atoms. The predicted molar refractivity (Wildman–Crippen MR) is 73.4 cm³/mol. The summed E-state index contributed by atoms with van der Waals surface area (Å²) in [4.78, 5) is 13.6. The fourth-order valence-corrected chi connectivity index (χ4v) is 1.86. The Morgan fingerprint density at radius 3 is 2.56 bits per heavy atom. The Labute approximate surface area is 108 Å². The van der Waals surface area contributed by atoms with Gasteiger partial charge in [-0.05, 0) is 43.4 Å². The molecule has 4 heteroatoms. The molecule has 1 saturated carbocycles. The first-order valence-electron chi connectivity index (χ1n) is 6.44. The number of nitrogens with one attached hydrogen (secondary N) is 1. The first kappa shape index (κ1) is 12.9. The highest BCUT2D eigenvalue weighted by molar-refractivity contribution is 5.89. The number of hydrogen-bond acceptors (Lipinski definition) is 2. The van der Waals surface area contributed by atoms with Crippen LogP contribution in [-0.4, -0.2) is 24.5 Å². The van der Waals surface area contributed by atoms with Gasteiger partial charge in [-0.3, -0.25) is 0 Å². The van der Waals surface area contributed by atoms with Crippen molar-refractivity contribution in [3.05, 3.63) is 29.8 Å². The number of urea groups is 1. The molecular weight excluding hydrogens is 226 g/mol. The number of amides is 2. The van der Waals surface area contributed by atoms with Crippen molar-refractivity contribution >= 4 is 11.7 Å². The minimum absolute atomic E-state index is 0.0206. The summed E-state index contributed by atoms with van der Waals surface area (Å²) in [5.41, 5.74) is 7.66. The molecule has 1 aliphatic rings. The van der Waals surface area contributed by atoms with E-state index in [2.05, 4.69) is 5.32 Å². The number of rotatable bonds is 4. The van der Waals surface area contributed by atoms with E-state index in [-0.39, 0.29) is 12.1 Å². The number of anilines is 1. The molecule has 0 aromatic heterocycles. The molecule has 0 heterocycles. The lowest BCUT2D eigenvalue weighted by Gasteiger charge is -2.17. The van der Waals surface area contributed by atoms with Crippen LogP contribution in [0.25, 0.3) is 0 Å². The standard InChI is InChI=1S/C14H21N3O/c1-10(15)12-5-7-13(8-6-12)16-14(18)17(2)9-11-3-4-11/h5-8,10-11H,3-4,9,15H2,1-2H3,(H,16,18). The van der Waals surface area contributed by atoms with Gasteiger partial charge in [0, 0.05) is 25.3 Å². The number of carbonyl (C=O) groups excluding carboxylic acids is 1. The second-order valence-corrected chi connectivity index (χ2v) is 5.16. The van der Waals surface area contributed by atoms with E-state index in [4.69, 9.17) is 5.73 Å². The largest absolute Gasteiger partial charge is 0.327 e. The summed E-state index contributed by atoms with van der Waals surface area (Å²) in [6.07, 6.45) is 2.50. The van der Waals surface area contributed by atoms with E-state index in [1.54, 1.807) is 4.90 Å². The van der Waals surface area contributed by atoms with Gasteiger partial charge in [-0.15, -0.1) is 0 Å². The molecule has 1 atom stereocenters. The molecule has 4 nitrogen and oxygen atoms in total. The Balaban J connectivity index is 1.89. The van der Waals surface area contributed by atoms with E-state index in [1.165, 1.54) is 12.8 Å². The first-order chi connectivity index (χ1) is 8.56. The number of nitrogens with two attached hydrogens (primary N) is 1. The van der Waals surface area contributed by atoms with Crippen LogP contribution in [0.3, 0.4) is 0 Å². The third-order valence-corrected chi connectivity index (χ3v) is 3.26. The van der Waals surface area contributed by atoms with E-state index in [9.17, 15) is 4.79 Å². The van der Waals surface area contributed by atoms with Crippen LogP contribution < -0.4 is 11.1 Å². The quantitative estimate of drug-likeness (QED) is 0.859. The van der Waals surface area contributed by atoms with E-state index in [1.807, 2.05) is 38.2 Å². The predicted octanol–water partition coefficient (Wildman–Crippen LogP) is 2.58. The molecule has 1 aromatic rings. The Kier molecular flexibility index (Phi) is 3.87. The molecular formula is C14H21N3O. The summed E-state index contributed by atoms with van der Waals surface area (Å²) in [6, 6.07) is 7.65. The van der Waals surface area contributed by atoms with Gasteiger partial charge in [-0.2, -0.15) is 0 Å². The maximum Gasteiger partial charge on any atom is 0.321 e. The van der Waals surface area contributed by atoms with Gasteiger partial charge < -0.3 is 16.0 Å². The minimum Gasteiger partial charge on any atom is -0.327 e. The summed E-state index contributed by atoms with van der Waals surface area (Å²) in [5, 5.41) is 2.89. The third kappa shape index (κ3) is 3.47. The second kappa shape index (κ2) is 5.40. The molecule has 98 valence electrons. The van der Waals surface area contributed by atoms with Gasteiger partial charge in [-0.25, -0.2) is 4.79 Å². The van der Waals surface area contributed by atoms with Crippen LogP contribution >= 0.6 is 0 Å². The SMILES string of the molecule is CC(N)c1ccc(NC(=O)N(C)CC2CC2)cc1. The van der Waals surface area contributed by atoms with Crippen molar-refractivity contribution < 1.29 is 4.79 Å². The maximum atomic E-state index is 11.9. The monoisotopic (exact) mass is 247 g/mol. The highest BCUT2D eigenvalue weighted by atomic mass is 16.2. The smallest absolute Gasteiger partial charge is 0.321 e. The van der Waals surface area contributed by atoms with Crippen molar-refractivity contribution in [3.63, 3.8) is 0 Å². The highest BCUT2D eigenvalue weighted by Gasteiger charge is 2.24. The molecule has 18 heavy (non-hydrogen) atoms. The molecule has 0 bridgehead atoms. The number of nitrogens with zero attached hydrogens (tertiary/aromatic N) is 1. The first-order valence-corrected chi connectivity index (χ1v) is 6.44. The zero-order valence-electron chi connectivity index (χ0n) is 11.0. The molecule has 2 amide bonds. The van der Waals surface area contributed by atoms with Crippen LogP contribution in [0.15, 0.2) is 24.3 Å². The van der Waals surface area contributed by atoms with E-state index < -0.39 is 0 Å². The number of hydrogen-bond donors (Lipinski definition) is 2. The van der Waals surface area contributed by atoms with Crippen LogP contribution in [0.5, 0.6) is 0 Å². The Morgan fingerprint density at radius 1 is 1.44 bits per heavy atom. The fourth-order valence-electron chi connectivity index (χ4n) is 1.86. The molecule has 0 saturated heterocycles. The number of benzene rings is 1. The Morgan fingerprint density at radius 2 is 2.06 bits per heavy atom. The van der Waals surface area contributed by atoms with Gasteiger partial charge in [-0.1, -0.05) is 12.1 Å². The topological polar surface area (TPSA) is 58.4 Å². The molecule has 0 aliphatic heterocycles. The molecule has 3 N–H and O–H groups in total. The van der Waals surface area contributed by atoms with Crippen LogP contribution in [0.1, 0.15) is 31.4 Å². The Hall–Kier alpha value is -1.55. The van der Waals surface area contributed by atoms with Crippen LogP contribution in [0.4, 0.5) is 10.5 Å². The average molecular weight is 247 g/mol. The maximum absolute atomic E-state index is 11.9. The van der Waals surface area contributed by atoms with E-state index >= 15 is 0 Å². The summed E-state index contributed by atoms with van der Waals surface area (Å²) in [5.74, 6) is 0.709. The molecule has 1 fully saturated rings. The molecule has 0 radical (unpaired) electrons. The van der Waals surface area contributed by atoms with Gasteiger partial charge in [0.2, 0.25) is 0 Å². The van der Waals surface area contributed by atoms with Crippen LogP contribution in [0, 0.1) is 5.92 Å². The lowest BCUT2D eigenvalue weighted by molar-refractivity contribution is 0.220. The van der Waals surface area contributed by atoms with E-state index in [0.29, 0.717) is 5.92 Å². The van der Waals surface area contributed by atoms with Crippen molar-refractivity contribution in [3.8, 4) is 0 Å². The molecule has 1 unspecified atom stereocenters. The van der Waals surface area contributed by atoms with Gasteiger partial charge in [0.1, 0.15) is 0 Å². The van der Waals surface area contributed by atoms with Gasteiger partial charge in [0.25, 0.3) is 0 Å². The Bertz CT molecular complexity index is 410. The summed E-state index contributed by atoms with van der Waals surface area (Å²) >= 11 is 0. The van der Waals surface area contributed by atoms with Crippen LogP contribution in [0.2, 0.25) is 0 Å². The fraction of sp³-hybridized carbons (Fsp3) is 0.500. The van der Waals surface area contributed by atoms with E-state index in [0.717, 1.165) is 17.8 Å². The second-order valence-electron chi connectivity index (χ2n) is 5.16. The molecule has 1 aromatic carbocycles. The van der Waals surface area contributed by atoms with Gasteiger partial charge in [0.15, 0.2) is 0 Å². The summed E-state index contributed by atoms with van der Waals surface area (Å²) < 4.78 is 0. The summed E-state index contributed by atoms with van der Waals surface area (Å²) in [7, 11) is 1.84. The lowest BCUT2D eigenvalue weighted by Crippen LogP contribution is -2.32. The lowest BCUT2D eigenvalue weighted by atomic mass is 10.1. The van der Waals surface area contributed by atoms with Crippen molar-refractivity contribution in [1.82, 2.24) is 4.90 Å². The average Bonchev–Trinajstić information content (AvgIpc) is 3.13. The number of carbonyl (C=O) groups is 1.